The number of methoxy groups -OCH3 is 4. The van der Waals surface area contributed by atoms with Crippen molar-refractivity contribution in [3.8, 4) is 34.3 Å². The Morgan fingerprint density at radius 2 is 1.50 bits per heavy atom. The van der Waals surface area contributed by atoms with Crippen LogP contribution in [0.25, 0.3) is 16.9 Å². The van der Waals surface area contributed by atoms with Crippen molar-refractivity contribution in [2.75, 3.05) is 33.8 Å². The van der Waals surface area contributed by atoms with E-state index in [0.717, 1.165) is 28.3 Å². The lowest BCUT2D eigenvalue weighted by molar-refractivity contribution is 0.324. The minimum absolute atomic E-state index is 0.536. The molecule has 154 valence electrons. The minimum atomic E-state index is 0.536. The van der Waals surface area contributed by atoms with Gasteiger partial charge in [0.15, 0.2) is 17.1 Å². The molecule has 0 unspecified atom stereocenters. The molecule has 2 heterocycles. The van der Waals surface area contributed by atoms with Gasteiger partial charge in [0.1, 0.15) is 11.6 Å². The Hall–Kier alpha value is -3.94. The first-order chi connectivity index (χ1) is 14.6. The Balaban J connectivity index is 1.64. The van der Waals surface area contributed by atoms with Gasteiger partial charge in [-0.05, 0) is 30.3 Å². The lowest BCUT2D eigenvalue weighted by Crippen LogP contribution is -2.00. The van der Waals surface area contributed by atoms with Gasteiger partial charge in [0, 0.05) is 35.6 Å². The van der Waals surface area contributed by atoms with Gasteiger partial charge in [0.2, 0.25) is 5.75 Å². The van der Waals surface area contributed by atoms with Crippen molar-refractivity contribution in [1.29, 1.82) is 0 Å². The quantitative estimate of drug-likeness (QED) is 0.493. The second-order valence-electron chi connectivity index (χ2n) is 6.41. The molecule has 0 amide bonds. The molecule has 0 aliphatic heterocycles. The summed E-state index contributed by atoms with van der Waals surface area (Å²) in [6.45, 7) is 0. The topological polar surface area (TPSA) is 79.1 Å². The molecule has 0 spiro atoms. The van der Waals surface area contributed by atoms with Crippen LogP contribution in [0, 0.1) is 0 Å². The molecule has 2 aromatic carbocycles. The lowest BCUT2D eigenvalue weighted by atomic mass is 10.1. The summed E-state index contributed by atoms with van der Waals surface area (Å²) >= 11 is 0. The summed E-state index contributed by atoms with van der Waals surface area (Å²) in [5.74, 6) is 3.13. The van der Waals surface area contributed by atoms with E-state index in [4.69, 9.17) is 18.9 Å². The molecule has 4 aromatic rings. The average Bonchev–Trinajstić information content (AvgIpc) is 3.21. The molecule has 0 aliphatic rings. The summed E-state index contributed by atoms with van der Waals surface area (Å²) in [5.41, 5.74) is 3.30. The second-order valence-corrected chi connectivity index (χ2v) is 6.41. The largest absolute Gasteiger partial charge is 0.497 e. The van der Waals surface area contributed by atoms with Crippen molar-refractivity contribution in [2.45, 2.75) is 0 Å². The van der Waals surface area contributed by atoms with Crippen LogP contribution in [0.3, 0.4) is 0 Å². The van der Waals surface area contributed by atoms with Gasteiger partial charge in [0.25, 0.3) is 0 Å². The van der Waals surface area contributed by atoms with Crippen molar-refractivity contribution >= 4 is 17.2 Å². The maximum Gasteiger partial charge on any atom is 0.203 e. The van der Waals surface area contributed by atoms with Gasteiger partial charge in [-0.25, -0.2) is 9.50 Å². The van der Waals surface area contributed by atoms with Crippen LogP contribution in [0.15, 0.2) is 54.7 Å². The van der Waals surface area contributed by atoms with Gasteiger partial charge in [-0.2, -0.15) is 5.10 Å². The Kier molecular flexibility index (Phi) is 5.30. The molecular weight excluding hydrogens is 384 g/mol. The normalized spacial score (nSPS) is 10.7. The smallest absolute Gasteiger partial charge is 0.203 e. The van der Waals surface area contributed by atoms with E-state index in [9.17, 15) is 0 Å². The number of anilines is 2. The molecule has 8 heteroatoms. The van der Waals surface area contributed by atoms with Gasteiger partial charge in [-0.3, -0.25) is 0 Å². The number of fused-ring (bicyclic) bond motifs is 1. The molecule has 0 radical (unpaired) electrons. The number of benzene rings is 2. The monoisotopic (exact) mass is 406 g/mol. The molecule has 0 fully saturated rings. The average molecular weight is 406 g/mol. The minimum Gasteiger partial charge on any atom is -0.497 e. The fraction of sp³-hybridized carbons (Fsp3) is 0.182. The summed E-state index contributed by atoms with van der Waals surface area (Å²) in [7, 11) is 6.38. The van der Waals surface area contributed by atoms with Gasteiger partial charge in [-0.15, -0.1) is 0 Å². The molecule has 30 heavy (non-hydrogen) atoms. The van der Waals surface area contributed by atoms with E-state index in [-0.39, 0.29) is 0 Å². The molecule has 0 atom stereocenters. The summed E-state index contributed by atoms with van der Waals surface area (Å²) in [6.07, 6.45) is 1.86. The zero-order chi connectivity index (χ0) is 21.1. The zero-order valence-electron chi connectivity index (χ0n) is 17.2. The SMILES string of the molecule is COc1ccc(-c2cc3nc(Nc4cc(OC)c(OC)c(OC)c4)ccn3n2)cc1. The fourth-order valence-electron chi connectivity index (χ4n) is 3.15. The first-order valence-corrected chi connectivity index (χ1v) is 9.23. The Morgan fingerprint density at radius 3 is 2.10 bits per heavy atom. The Bertz CT molecular complexity index is 1150. The molecule has 1 N–H and O–H groups in total. The van der Waals surface area contributed by atoms with E-state index in [2.05, 4.69) is 15.4 Å². The third-order valence-electron chi connectivity index (χ3n) is 4.65. The predicted molar refractivity (Wildman–Crippen MR) is 114 cm³/mol. The van der Waals surface area contributed by atoms with E-state index in [0.29, 0.717) is 23.1 Å². The van der Waals surface area contributed by atoms with Crippen molar-refractivity contribution < 1.29 is 18.9 Å². The maximum absolute atomic E-state index is 5.41. The van der Waals surface area contributed by atoms with Crippen LogP contribution >= 0.6 is 0 Å². The highest BCUT2D eigenvalue weighted by atomic mass is 16.5. The highest BCUT2D eigenvalue weighted by molar-refractivity contribution is 5.69. The summed E-state index contributed by atoms with van der Waals surface area (Å²) < 4.78 is 23.1. The highest BCUT2D eigenvalue weighted by Crippen LogP contribution is 2.40. The highest BCUT2D eigenvalue weighted by Gasteiger charge is 2.14. The molecule has 2 aromatic heterocycles. The number of nitrogens with zero attached hydrogens (tertiary/aromatic N) is 3. The predicted octanol–water partition coefficient (Wildman–Crippen LogP) is 4.17. The fourth-order valence-corrected chi connectivity index (χ4v) is 3.15. The molecular formula is C22H22N4O4. The summed E-state index contributed by atoms with van der Waals surface area (Å²) in [6, 6.07) is 15.2. The number of nitrogens with one attached hydrogen (secondary N) is 1. The van der Waals surface area contributed by atoms with Crippen LogP contribution in [-0.2, 0) is 0 Å². The van der Waals surface area contributed by atoms with E-state index < -0.39 is 0 Å². The first-order valence-electron chi connectivity index (χ1n) is 9.23. The van der Waals surface area contributed by atoms with E-state index >= 15 is 0 Å². The van der Waals surface area contributed by atoms with Gasteiger partial charge in [0.05, 0.1) is 34.1 Å². The first kappa shape index (κ1) is 19.4. The summed E-state index contributed by atoms with van der Waals surface area (Å²) in [5, 5.41) is 7.87. The number of hydrogen-bond acceptors (Lipinski definition) is 7. The van der Waals surface area contributed by atoms with Gasteiger partial charge < -0.3 is 24.3 Å². The molecule has 0 saturated carbocycles. The second kappa shape index (κ2) is 8.20. The van der Waals surface area contributed by atoms with Crippen molar-refractivity contribution in [3.05, 3.63) is 54.7 Å². The standard InChI is InChI=1S/C22H22N4O4/c1-27-16-7-5-14(6-8-16)17-13-21-24-20(9-10-26(21)25-17)23-15-11-18(28-2)22(30-4)19(12-15)29-3/h5-13H,1-4H3,(H,23,24). The third kappa shape index (κ3) is 3.67. The summed E-state index contributed by atoms with van der Waals surface area (Å²) in [4.78, 5) is 4.66. The van der Waals surface area contributed by atoms with Gasteiger partial charge in [-0.1, -0.05) is 0 Å². The molecule has 0 bridgehead atoms. The molecule has 8 nitrogen and oxygen atoms in total. The van der Waals surface area contributed by atoms with Crippen LogP contribution in [0.1, 0.15) is 0 Å². The van der Waals surface area contributed by atoms with Crippen LogP contribution in [0.2, 0.25) is 0 Å². The van der Waals surface area contributed by atoms with Crippen molar-refractivity contribution in [3.63, 3.8) is 0 Å². The number of aromatic nitrogens is 3. The van der Waals surface area contributed by atoms with Crippen molar-refractivity contribution in [2.24, 2.45) is 0 Å². The molecule has 0 saturated heterocycles. The van der Waals surface area contributed by atoms with Crippen molar-refractivity contribution in [1.82, 2.24) is 14.6 Å². The van der Waals surface area contributed by atoms with Crippen LogP contribution in [-0.4, -0.2) is 43.0 Å². The lowest BCUT2D eigenvalue weighted by Gasteiger charge is -2.14. The van der Waals surface area contributed by atoms with E-state index in [1.54, 1.807) is 33.0 Å². The zero-order valence-corrected chi connectivity index (χ0v) is 17.2. The maximum atomic E-state index is 5.41. The Labute approximate surface area is 174 Å². The van der Waals surface area contributed by atoms with Crippen LogP contribution < -0.4 is 24.3 Å². The Morgan fingerprint density at radius 1 is 0.800 bits per heavy atom. The van der Waals surface area contributed by atoms with E-state index in [1.807, 2.05) is 54.7 Å². The molecule has 0 aliphatic carbocycles. The number of hydrogen-bond donors (Lipinski definition) is 1. The number of rotatable bonds is 7. The van der Waals surface area contributed by atoms with Gasteiger partial charge >= 0.3 is 0 Å². The molecule has 4 rings (SSSR count). The third-order valence-corrected chi connectivity index (χ3v) is 4.65. The van der Waals surface area contributed by atoms with Crippen LogP contribution in [0.5, 0.6) is 23.0 Å². The number of ether oxygens (including phenoxy) is 4. The van der Waals surface area contributed by atoms with Crippen LogP contribution in [0.4, 0.5) is 11.5 Å². The van der Waals surface area contributed by atoms with E-state index in [1.165, 1.54) is 0 Å².